The van der Waals surface area contributed by atoms with Gasteiger partial charge in [-0.3, -0.25) is 19.8 Å². The van der Waals surface area contributed by atoms with Crippen LogP contribution in [0, 0.1) is 11.6 Å². The predicted molar refractivity (Wildman–Crippen MR) is 97.8 cm³/mol. The fraction of sp³-hybridized carbons (Fsp3) is 0.579. The predicted octanol–water partition coefficient (Wildman–Crippen LogP) is 0.674. The molecule has 3 aliphatic rings. The molecular weight excluding hydrogens is 389 g/mol. The summed E-state index contributed by atoms with van der Waals surface area (Å²) in [5.74, 6) is -3.03. The molecule has 0 spiro atoms. The van der Waals surface area contributed by atoms with Crippen molar-refractivity contribution in [1.29, 1.82) is 0 Å². The van der Waals surface area contributed by atoms with Crippen LogP contribution >= 0.6 is 0 Å². The molecule has 0 aromatic heterocycles. The maximum atomic E-state index is 14.4. The highest BCUT2D eigenvalue weighted by Crippen LogP contribution is 2.35. The first kappa shape index (κ1) is 20.1. The van der Waals surface area contributed by atoms with Gasteiger partial charge in [0.05, 0.1) is 31.5 Å². The monoisotopic (exact) mass is 412 g/mol. The second-order valence-electron chi connectivity index (χ2n) is 7.60. The Labute approximate surface area is 166 Å². The number of benzene rings is 1. The Morgan fingerprint density at radius 3 is 2.72 bits per heavy atom. The maximum Gasteiger partial charge on any atom is 0.258 e. The Hall–Kier alpha value is -2.17. The van der Waals surface area contributed by atoms with E-state index in [0.29, 0.717) is 32.0 Å². The molecule has 158 valence electrons. The quantitative estimate of drug-likeness (QED) is 0.764. The van der Waals surface area contributed by atoms with E-state index in [1.807, 2.05) is 0 Å². The first-order chi connectivity index (χ1) is 13.9. The molecule has 2 fully saturated rings. The van der Waals surface area contributed by atoms with Gasteiger partial charge in [0.15, 0.2) is 11.6 Å². The molecule has 2 N–H and O–H groups in total. The summed E-state index contributed by atoms with van der Waals surface area (Å²) in [7, 11) is 0. The van der Waals surface area contributed by atoms with E-state index in [9.17, 15) is 22.8 Å². The van der Waals surface area contributed by atoms with Gasteiger partial charge in [-0.1, -0.05) is 0 Å². The largest absolute Gasteiger partial charge is 0.379 e. The van der Waals surface area contributed by atoms with Crippen molar-refractivity contribution in [3.8, 4) is 0 Å². The van der Waals surface area contributed by atoms with Crippen LogP contribution < -0.4 is 15.5 Å². The molecule has 3 aliphatic heterocycles. The summed E-state index contributed by atoms with van der Waals surface area (Å²) in [4.78, 5) is 28.3. The standard InChI is InChI=1S/C19H23F3N4O3/c1-10-8-11-13(3-2-12(20)16(11)21)26(10)15(27)9-14-23-18(17(22)19(28)24-14)25-4-6-29-7-5-25/h2-3,10,14,17-18,23H,4-9H2,1H3,(H,24,28). The number of anilines is 1. The lowest BCUT2D eigenvalue weighted by Gasteiger charge is -2.41. The molecule has 4 atom stereocenters. The zero-order chi connectivity index (χ0) is 20.7. The van der Waals surface area contributed by atoms with Gasteiger partial charge >= 0.3 is 0 Å². The van der Waals surface area contributed by atoms with Crippen molar-refractivity contribution in [3.05, 3.63) is 29.3 Å². The zero-order valence-electron chi connectivity index (χ0n) is 16.0. The lowest BCUT2D eigenvalue weighted by Crippen LogP contribution is -2.69. The number of morpholine rings is 1. The highest BCUT2D eigenvalue weighted by Gasteiger charge is 2.42. The second-order valence-corrected chi connectivity index (χ2v) is 7.60. The SMILES string of the molecule is CC1Cc2c(ccc(F)c2F)N1C(=O)CC1NC(=O)C(F)C(N2CCOCC2)N1. The molecule has 7 nitrogen and oxygen atoms in total. The first-order valence-corrected chi connectivity index (χ1v) is 9.68. The number of carbonyl (C=O) groups excluding carboxylic acids is 2. The Balaban J connectivity index is 1.48. The molecular formula is C19H23F3N4O3. The average molecular weight is 412 g/mol. The Bertz CT molecular complexity index is 818. The number of hydrogen-bond donors (Lipinski definition) is 2. The zero-order valence-corrected chi connectivity index (χ0v) is 16.0. The number of nitrogens with zero attached hydrogens (tertiary/aromatic N) is 2. The molecule has 0 bridgehead atoms. The van der Waals surface area contributed by atoms with Crippen LogP contribution in [0.25, 0.3) is 0 Å². The summed E-state index contributed by atoms with van der Waals surface area (Å²) in [5, 5.41) is 5.48. The number of nitrogens with one attached hydrogen (secondary N) is 2. The normalized spacial score (nSPS) is 30.2. The summed E-state index contributed by atoms with van der Waals surface area (Å²) < 4.78 is 47.3. The van der Waals surface area contributed by atoms with Crippen LogP contribution in [0.15, 0.2) is 12.1 Å². The van der Waals surface area contributed by atoms with Gasteiger partial charge in [-0.15, -0.1) is 0 Å². The topological polar surface area (TPSA) is 73.9 Å². The first-order valence-electron chi connectivity index (χ1n) is 9.68. The van der Waals surface area contributed by atoms with Gasteiger partial charge in [0.2, 0.25) is 12.1 Å². The van der Waals surface area contributed by atoms with Crippen LogP contribution in [0.4, 0.5) is 18.9 Å². The number of rotatable bonds is 3. The van der Waals surface area contributed by atoms with Crippen molar-refractivity contribution in [3.63, 3.8) is 0 Å². The molecule has 1 aromatic carbocycles. The highest BCUT2D eigenvalue weighted by atomic mass is 19.2. The summed E-state index contributed by atoms with van der Waals surface area (Å²) >= 11 is 0. The van der Waals surface area contributed by atoms with Crippen molar-refractivity contribution >= 4 is 17.5 Å². The fourth-order valence-electron chi connectivity index (χ4n) is 4.26. The molecule has 3 heterocycles. The third-order valence-electron chi connectivity index (χ3n) is 5.67. The van der Waals surface area contributed by atoms with E-state index in [-0.39, 0.29) is 30.4 Å². The number of amides is 2. The molecule has 10 heteroatoms. The third kappa shape index (κ3) is 3.72. The molecule has 2 amide bonds. The summed E-state index contributed by atoms with van der Waals surface area (Å²) in [6.07, 6.45) is -3.31. The smallest absolute Gasteiger partial charge is 0.258 e. The Morgan fingerprint density at radius 2 is 2.00 bits per heavy atom. The number of hydrogen-bond acceptors (Lipinski definition) is 5. The minimum Gasteiger partial charge on any atom is -0.379 e. The van der Waals surface area contributed by atoms with Crippen LogP contribution in [0.1, 0.15) is 18.9 Å². The minimum atomic E-state index is -1.76. The molecule has 4 unspecified atom stereocenters. The molecule has 4 rings (SSSR count). The number of fused-ring (bicyclic) bond motifs is 1. The Morgan fingerprint density at radius 1 is 1.28 bits per heavy atom. The van der Waals surface area contributed by atoms with E-state index in [4.69, 9.17) is 4.74 Å². The van der Waals surface area contributed by atoms with E-state index in [1.54, 1.807) is 11.8 Å². The van der Waals surface area contributed by atoms with Crippen molar-refractivity contribution in [2.45, 2.75) is 44.3 Å². The van der Waals surface area contributed by atoms with E-state index >= 15 is 0 Å². The highest BCUT2D eigenvalue weighted by molar-refractivity contribution is 5.97. The number of halogens is 3. The second kappa shape index (κ2) is 7.92. The molecule has 0 radical (unpaired) electrons. The van der Waals surface area contributed by atoms with Gasteiger partial charge in [0.1, 0.15) is 6.17 Å². The summed E-state index contributed by atoms with van der Waals surface area (Å²) in [6, 6.07) is 2.03. The van der Waals surface area contributed by atoms with Crippen LogP contribution in [-0.4, -0.2) is 67.6 Å². The van der Waals surface area contributed by atoms with Gasteiger partial charge in [-0.2, -0.15) is 0 Å². The van der Waals surface area contributed by atoms with E-state index < -0.39 is 36.0 Å². The van der Waals surface area contributed by atoms with Crippen molar-refractivity contribution < 1.29 is 27.5 Å². The van der Waals surface area contributed by atoms with Crippen molar-refractivity contribution in [1.82, 2.24) is 15.5 Å². The molecule has 0 saturated carbocycles. The van der Waals surface area contributed by atoms with Gasteiger partial charge in [0.25, 0.3) is 5.91 Å². The molecule has 1 aromatic rings. The van der Waals surface area contributed by atoms with Crippen molar-refractivity contribution in [2.75, 3.05) is 31.2 Å². The lowest BCUT2D eigenvalue weighted by atomic mass is 10.1. The van der Waals surface area contributed by atoms with E-state index in [0.717, 1.165) is 6.07 Å². The number of ether oxygens (including phenoxy) is 1. The molecule has 2 saturated heterocycles. The van der Waals surface area contributed by atoms with Crippen LogP contribution in [0.2, 0.25) is 0 Å². The van der Waals surface area contributed by atoms with Gasteiger partial charge in [-0.25, -0.2) is 13.2 Å². The van der Waals surface area contributed by atoms with Gasteiger partial charge in [0, 0.05) is 24.7 Å². The van der Waals surface area contributed by atoms with Crippen molar-refractivity contribution in [2.24, 2.45) is 0 Å². The van der Waals surface area contributed by atoms with Crippen LogP contribution in [-0.2, 0) is 20.7 Å². The number of alkyl halides is 1. The van der Waals surface area contributed by atoms with E-state index in [1.165, 1.54) is 11.0 Å². The minimum absolute atomic E-state index is 0.137. The summed E-state index contributed by atoms with van der Waals surface area (Å²) in [6.45, 7) is 3.59. The number of carbonyl (C=O) groups is 2. The molecule has 0 aliphatic carbocycles. The maximum absolute atomic E-state index is 14.4. The lowest BCUT2D eigenvalue weighted by molar-refractivity contribution is -0.137. The van der Waals surface area contributed by atoms with Gasteiger partial charge < -0.3 is 15.0 Å². The third-order valence-corrected chi connectivity index (χ3v) is 5.67. The van der Waals surface area contributed by atoms with Crippen LogP contribution in [0.3, 0.4) is 0 Å². The fourth-order valence-corrected chi connectivity index (χ4v) is 4.26. The van der Waals surface area contributed by atoms with Gasteiger partial charge in [-0.05, 0) is 25.5 Å². The van der Waals surface area contributed by atoms with E-state index in [2.05, 4.69) is 10.6 Å². The summed E-state index contributed by atoms with van der Waals surface area (Å²) in [5.41, 5.74) is 0.498. The Kier molecular flexibility index (Phi) is 5.50. The van der Waals surface area contributed by atoms with Crippen LogP contribution in [0.5, 0.6) is 0 Å². The molecule has 29 heavy (non-hydrogen) atoms. The average Bonchev–Trinajstić information content (AvgIpc) is 3.05.